The van der Waals surface area contributed by atoms with Crippen LogP contribution in [0.2, 0.25) is 5.15 Å². The lowest BCUT2D eigenvalue weighted by Crippen LogP contribution is -2.03. The molecule has 0 saturated carbocycles. The van der Waals surface area contributed by atoms with E-state index in [0.717, 1.165) is 16.9 Å². The number of ether oxygens (including phenoxy) is 1. The van der Waals surface area contributed by atoms with E-state index in [2.05, 4.69) is 20.0 Å². The van der Waals surface area contributed by atoms with E-state index in [9.17, 15) is 9.18 Å². The molecule has 0 unspecified atom stereocenters. The van der Waals surface area contributed by atoms with Crippen molar-refractivity contribution in [1.82, 2.24) is 14.5 Å². The minimum Gasteiger partial charge on any atom is -0.465 e. The van der Waals surface area contributed by atoms with Gasteiger partial charge in [-0.05, 0) is 24.6 Å². The fourth-order valence-corrected chi connectivity index (χ4v) is 3.36. The number of thiazole rings is 1. The number of methoxy groups -OCH3 is 1. The number of carbonyl (C=O) groups excluding carboxylic acids is 1. The number of imidazole rings is 1. The van der Waals surface area contributed by atoms with E-state index in [-0.39, 0.29) is 15.8 Å². The van der Waals surface area contributed by atoms with Crippen molar-refractivity contribution in [1.29, 1.82) is 0 Å². The van der Waals surface area contributed by atoms with Gasteiger partial charge in [0.25, 0.3) is 0 Å². The molecule has 1 aromatic carbocycles. The average Bonchev–Trinajstić information content (AvgIpc) is 3.18. The summed E-state index contributed by atoms with van der Waals surface area (Å²) in [5, 5.41) is 3.56. The van der Waals surface area contributed by atoms with Gasteiger partial charge < -0.3 is 14.6 Å². The van der Waals surface area contributed by atoms with E-state index in [4.69, 9.17) is 11.6 Å². The number of rotatable bonds is 5. The van der Waals surface area contributed by atoms with Crippen LogP contribution < -0.4 is 5.32 Å². The number of nitrogens with one attached hydrogen (secondary N) is 1. The molecule has 0 saturated heterocycles. The van der Waals surface area contributed by atoms with Gasteiger partial charge in [-0.3, -0.25) is 0 Å². The molecule has 0 aliphatic rings. The molecule has 0 amide bonds. The highest BCUT2D eigenvalue weighted by molar-refractivity contribution is 7.18. The normalized spacial score (nSPS) is 10.7. The van der Waals surface area contributed by atoms with Crippen molar-refractivity contribution < 1.29 is 13.9 Å². The molecular weight excluding hydrogens is 367 g/mol. The zero-order valence-electron chi connectivity index (χ0n) is 13.4. The zero-order chi connectivity index (χ0) is 18.0. The SMILES string of the molecule is COC(=O)c1sc(NCc2ccc(-n3ccnc3C)c(F)c2)nc1Cl. The molecule has 0 aliphatic heterocycles. The number of aryl methyl sites for hydroxylation is 1. The van der Waals surface area contributed by atoms with Crippen LogP contribution in [0.5, 0.6) is 0 Å². The molecule has 25 heavy (non-hydrogen) atoms. The van der Waals surface area contributed by atoms with Crippen LogP contribution in [0.1, 0.15) is 21.1 Å². The molecule has 130 valence electrons. The van der Waals surface area contributed by atoms with Gasteiger partial charge in [-0.1, -0.05) is 29.0 Å². The monoisotopic (exact) mass is 380 g/mol. The first-order valence-corrected chi connectivity index (χ1v) is 8.46. The van der Waals surface area contributed by atoms with Crippen molar-refractivity contribution >= 4 is 34.0 Å². The number of aromatic nitrogens is 3. The fourth-order valence-electron chi connectivity index (χ4n) is 2.26. The molecule has 1 N–H and O–H groups in total. The van der Waals surface area contributed by atoms with Crippen LogP contribution in [0.25, 0.3) is 5.69 Å². The maximum Gasteiger partial charge on any atom is 0.351 e. The fraction of sp³-hybridized carbons (Fsp3) is 0.188. The number of carbonyl (C=O) groups is 1. The zero-order valence-corrected chi connectivity index (χ0v) is 15.0. The highest BCUT2D eigenvalue weighted by Gasteiger charge is 2.17. The van der Waals surface area contributed by atoms with Crippen molar-refractivity contribution in [3.8, 4) is 5.69 Å². The molecule has 0 spiro atoms. The summed E-state index contributed by atoms with van der Waals surface area (Å²) in [6, 6.07) is 4.94. The molecule has 0 aliphatic carbocycles. The smallest absolute Gasteiger partial charge is 0.351 e. The molecule has 3 aromatic rings. The van der Waals surface area contributed by atoms with Gasteiger partial charge in [-0.25, -0.2) is 19.2 Å². The van der Waals surface area contributed by atoms with Crippen molar-refractivity contribution in [3.63, 3.8) is 0 Å². The Morgan fingerprint density at radius 3 is 2.92 bits per heavy atom. The third-order valence-electron chi connectivity index (χ3n) is 3.50. The highest BCUT2D eigenvalue weighted by Crippen LogP contribution is 2.28. The van der Waals surface area contributed by atoms with Crippen molar-refractivity contribution in [2.75, 3.05) is 12.4 Å². The molecular formula is C16H14ClFN4O2S. The largest absolute Gasteiger partial charge is 0.465 e. The summed E-state index contributed by atoms with van der Waals surface area (Å²) in [7, 11) is 1.28. The topological polar surface area (TPSA) is 69.0 Å². The lowest BCUT2D eigenvalue weighted by Gasteiger charge is -2.09. The van der Waals surface area contributed by atoms with Gasteiger partial charge in [0.1, 0.15) is 11.6 Å². The number of nitrogens with zero attached hydrogens (tertiary/aromatic N) is 3. The standard InChI is InChI=1S/C16H14ClFN4O2S/c1-9-19-5-6-22(9)12-4-3-10(7-11(12)18)8-20-16-21-14(17)13(25-16)15(23)24-2/h3-7H,8H2,1-2H3,(H,20,21). The van der Waals surface area contributed by atoms with Crippen LogP contribution in [0.4, 0.5) is 9.52 Å². The number of hydrogen-bond donors (Lipinski definition) is 1. The Kier molecular flexibility index (Phi) is 5.00. The Balaban J connectivity index is 1.73. The highest BCUT2D eigenvalue weighted by atomic mass is 35.5. The second-order valence-electron chi connectivity index (χ2n) is 5.11. The van der Waals surface area contributed by atoms with Crippen LogP contribution in [0.3, 0.4) is 0 Å². The summed E-state index contributed by atoms with van der Waals surface area (Å²) in [6.07, 6.45) is 3.33. The van der Waals surface area contributed by atoms with E-state index in [1.165, 1.54) is 13.2 Å². The Morgan fingerprint density at radius 1 is 1.48 bits per heavy atom. The van der Waals surface area contributed by atoms with Crippen LogP contribution in [-0.4, -0.2) is 27.6 Å². The second-order valence-corrected chi connectivity index (χ2v) is 6.47. The molecule has 3 rings (SSSR count). The predicted octanol–water partition coefficient (Wildman–Crippen LogP) is 3.83. The van der Waals surface area contributed by atoms with Crippen LogP contribution in [0, 0.1) is 12.7 Å². The molecule has 0 fully saturated rings. The number of anilines is 1. The molecule has 9 heteroatoms. The molecule has 2 aromatic heterocycles. The lowest BCUT2D eigenvalue weighted by molar-refractivity contribution is 0.0606. The summed E-state index contributed by atoms with van der Waals surface area (Å²) in [5.74, 6) is -0.188. The summed E-state index contributed by atoms with van der Waals surface area (Å²) in [6.45, 7) is 2.14. The van der Waals surface area contributed by atoms with E-state index in [1.54, 1.807) is 36.0 Å². The maximum atomic E-state index is 14.4. The summed E-state index contributed by atoms with van der Waals surface area (Å²) >= 11 is 6.99. The van der Waals surface area contributed by atoms with Crippen molar-refractivity contribution in [2.24, 2.45) is 0 Å². The van der Waals surface area contributed by atoms with Gasteiger partial charge in [0.15, 0.2) is 15.2 Å². The van der Waals surface area contributed by atoms with Crippen LogP contribution >= 0.6 is 22.9 Å². The van der Waals surface area contributed by atoms with Gasteiger partial charge >= 0.3 is 5.97 Å². The van der Waals surface area contributed by atoms with Crippen LogP contribution in [0.15, 0.2) is 30.6 Å². The van der Waals surface area contributed by atoms with Crippen molar-refractivity contribution in [3.05, 3.63) is 57.8 Å². The maximum absolute atomic E-state index is 14.4. The van der Waals surface area contributed by atoms with E-state index < -0.39 is 5.97 Å². The molecule has 0 bridgehead atoms. The molecule has 0 atom stereocenters. The summed E-state index contributed by atoms with van der Waals surface area (Å²) < 4.78 is 20.7. The second kappa shape index (κ2) is 7.20. The quantitative estimate of drug-likeness (QED) is 0.681. The first kappa shape index (κ1) is 17.4. The van der Waals surface area contributed by atoms with Crippen molar-refractivity contribution in [2.45, 2.75) is 13.5 Å². The summed E-state index contributed by atoms with van der Waals surface area (Å²) in [5.41, 5.74) is 1.16. The van der Waals surface area contributed by atoms with Gasteiger partial charge in [-0.2, -0.15) is 0 Å². The van der Waals surface area contributed by atoms with Gasteiger partial charge in [0.2, 0.25) is 0 Å². The third kappa shape index (κ3) is 3.64. The Hall–Kier alpha value is -2.45. The van der Waals surface area contributed by atoms with Gasteiger partial charge in [0.05, 0.1) is 12.8 Å². The van der Waals surface area contributed by atoms with Crippen LogP contribution in [-0.2, 0) is 11.3 Å². The predicted molar refractivity (Wildman–Crippen MR) is 94.0 cm³/mol. The van der Waals surface area contributed by atoms with Gasteiger partial charge in [0, 0.05) is 18.9 Å². The Labute approximate surface area is 152 Å². The lowest BCUT2D eigenvalue weighted by atomic mass is 10.2. The molecule has 0 radical (unpaired) electrons. The first-order valence-electron chi connectivity index (χ1n) is 7.27. The number of halogens is 2. The molecule has 6 nitrogen and oxygen atoms in total. The average molecular weight is 381 g/mol. The summed E-state index contributed by atoms with van der Waals surface area (Å²) in [4.78, 5) is 19.9. The first-order chi connectivity index (χ1) is 12.0. The Bertz CT molecular complexity index is 925. The number of benzene rings is 1. The molecule has 2 heterocycles. The minimum absolute atomic E-state index is 0.0801. The Morgan fingerprint density at radius 2 is 2.28 bits per heavy atom. The third-order valence-corrected chi connectivity index (χ3v) is 4.88. The van der Waals surface area contributed by atoms with Gasteiger partial charge in [-0.15, -0.1) is 0 Å². The van der Waals surface area contributed by atoms with E-state index >= 15 is 0 Å². The number of hydrogen-bond acceptors (Lipinski definition) is 6. The van der Waals surface area contributed by atoms with E-state index in [1.807, 2.05) is 0 Å². The van der Waals surface area contributed by atoms with E-state index in [0.29, 0.717) is 23.2 Å². The minimum atomic E-state index is -0.540. The number of esters is 1.